The lowest BCUT2D eigenvalue weighted by Crippen LogP contribution is -2.37. The first-order valence-corrected chi connectivity index (χ1v) is 11.2. The first-order chi connectivity index (χ1) is 14.0. The van der Waals surface area contributed by atoms with E-state index in [1.54, 1.807) is 31.2 Å². The van der Waals surface area contributed by atoms with Gasteiger partial charge in [0.2, 0.25) is 5.91 Å². The molecule has 8 nitrogen and oxygen atoms in total. The van der Waals surface area contributed by atoms with E-state index in [1.807, 2.05) is 0 Å². The van der Waals surface area contributed by atoms with Gasteiger partial charge in [-0.1, -0.05) is 18.2 Å². The van der Waals surface area contributed by atoms with E-state index in [-0.39, 0.29) is 22.7 Å². The van der Waals surface area contributed by atoms with Crippen molar-refractivity contribution in [3.8, 4) is 5.75 Å². The van der Waals surface area contributed by atoms with Crippen LogP contribution in [-0.4, -0.2) is 50.2 Å². The summed E-state index contributed by atoms with van der Waals surface area (Å²) in [7, 11) is -2.03. The number of carbonyl (C=O) groups is 3. The molecule has 0 fully saturated rings. The van der Waals surface area contributed by atoms with E-state index in [4.69, 9.17) is 4.74 Å². The van der Waals surface area contributed by atoms with E-state index in [9.17, 15) is 22.8 Å². The van der Waals surface area contributed by atoms with Crippen LogP contribution in [0, 0.1) is 6.92 Å². The average molecular weight is 430 g/mol. The summed E-state index contributed by atoms with van der Waals surface area (Å²) in [6, 6.07) is 8.55. The van der Waals surface area contributed by atoms with Gasteiger partial charge >= 0.3 is 0 Å². The number of benzene rings is 2. The SMILES string of the molecule is COc1ccc(C(CS(C)(=O)=O)N2C(=O)c3cccc(NC(C)=O)c3C2=O)cc1C. The number of nitrogens with zero attached hydrogens (tertiary/aromatic N) is 1. The highest BCUT2D eigenvalue weighted by molar-refractivity contribution is 7.90. The van der Waals surface area contributed by atoms with Crippen LogP contribution in [0.2, 0.25) is 0 Å². The molecule has 2 aromatic carbocycles. The number of fused-ring (bicyclic) bond motifs is 1. The maximum Gasteiger partial charge on any atom is 0.264 e. The second-order valence-electron chi connectivity index (χ2n) is 7.23. The molecule has 158 valence electrons. The molecule has 30 heavy (non-hydrogen) atoms. The van der Waals surface area contributed by atoms with Crippen molar-refractivity contribution in [3.63, 3.8) is 0 Å². The van der Waals surface area contributed by atoms with Crippen LogP contribution in [-0.2, 0) is 14.6 Å². The molecule has 2 aromatic rings. The largest absolute Gasteiger partial charge is 0.496 e. The van der Waals surface area contributed by atoms with Gasteiger partial charge in [0.25, 0.3) is 11.8 Å². The van der Waals surface area contributed by atoms with Gasteiger partial charge in [0.1, 0.15) is 15.6 Å². The molecule has 3 rings (SSSR count). The van der Waals surface area contributed by atoms with E-state index >= 15 is 0 Å². The van der Waals surface area contributed by atoms with Gasteiger partial charge in [-0.15, -0.1) is 0 Å². The van der Waals surface area contributed by atoms with E-state index in [2.05, 4.69) is 5.32 Å². The molecule has 0 aliphatic carbocycles. The molecule has 1 heterocycles. The fourth-order valence-electron chi connectivity index (χ4n) is 3.60. The molecular weight excluding hydrogens is 408 g/mol. The van der Waals surface area contributed by atoms with Gasteiger partial charge in [-0.3, -0.25) is 19.3 Å². The number of methoxy groups -OCH3 is 1. The lowest BCUT2D eigenvalue weighted by Gasteiger charge is -2.26. The number of imide groups is 1. The van der Waals surface area contributed by atoms with Gasteiger partial charge in [0.05, 0.1) is 35.7 Å². The predicted molar refractivity (Wildman–Crippen MR) is 111 cm³/mol. The summed E-state index contributed by atoms with van der Waals surface area (Å²) < 4.78 is 29.5. The first kappa shape index (κ1) is 21.5. The van der Waals surface area contributed by atoms with Gasteiger partial charge < -0.3 is 10.1 Å². The monoisotopic (exact) mass is 430 g/mol. The van der Waals surface area contributed by atoms with Crippen molar-refractivity contribution in [1.29, 1.82) is 0 Å². The Balaban J connectivity index is 2.12. The van der Waals surface area contributed by atoms with Crippen molar-refractivity contribution >= 4 is 33.2 Å². The third kappa shape index (κ3) is 4.06. The van der Waals surface area contributed by atoms with Gasteiger partial charge in [0, 0.05) is 13.2 Å². The van der Waals surface area contributed by atoms with Gasteiger partial charge in [-0.05, 0) is 36.2 Å². The summed E-state index contributed by atoms with van der Waals surface area (Å²) in [6.45, 7) is 3.09. The third-order valence-electron chi connectivity index (χ3n) is 4.83. The molecule has 0 saturated heterocycles. The van der Waals surface area contributed by atoms with Crippen LogP contribution in [0.4, 0.5) is 5.69 Å². The number of anilines is 1. The number of hydrogen-bond acceptors (Lipinski definition) is 6. The second kappa shape index (κ2) is 7.91. The summed E-state index contributed by atoms with van der Waals surface area (Å²) >= 11 is 0. The van der Waals surface area contributed by atoms with E-state index in [1.165, 1.54) is 26.2 Å². The molecule has 0 radical (unpaired) electrons. The van der Waals surface area contributed by atoms with Crippen LogP contribution in [0.3, 0.4) is 0 Å². The Labute approximate surface area is 174 Å². The lowest BCUT2D eigenvalue weighted by atomic mass is 10.0. The number of aryl methyl sites for hydroxylation is 1. The minimum Gasteiger partial charge on any atom is -0.496 e. The van der Waals surface area contributed by atoms with Crippen LogP contribution in [0.5, 0.6) is 5.75 Å². The fraction of sp³-hybridized carbons (Fsp3) is 0.286. The summed E-state index contributed by atoms with van der Waals surface area (Å²) in [4.78, 5) is 38.8. The van der Waals surface area contributed by atoms with Crippen molar-refractivity contribution in [3.05, 3.63) is 58.7 Å². The molecule has 0 spiro atoms. The Morgan fingerprint density at radius 2 is 1.87 bits per heavy atom. The second-order valence-corrected chi connectivity index (χ2v) is 9.41. The molecule has 9 heteroatoms. The predicted octanol–water partition coefficient (Wildman–Crippen LogP) is 2.34. The van der Waals surface area contributed by atoms with Crippen molar-refractivity contribution in [2.45, 2.75) is 19.9 Å². The Morgan fingerprint density at radius 1 is 1.17 bits per heavy atom. The first-order valence-electron chi connectivity index (χ1n) is 9.14. The molecule has 0 aromatic heterocycles. The summed E-state index contributed by atoms with van der Waals surface area (Å²) in [5, 5.41) is 2.55. The van der Waals surface area contributed by atoms with Crippen molar-refractivity contribution in [2.75, 3.05) is 24.4 Å². The fourth-order valence-corrected chi connectivity index (χ4v) is 4.51. The highest BCUT2D eigenvalue weighted by Gasteiger charge is 2.43. The molecule has 0 saturated carbocycles. The van der Waals surface area contributed by atoms with Crippen LogP contribution < -0.4 is 10.1 Å². The lowest BCUT2D eigenvalue weighted by molar-refractivity contribution is -0.114. The minimum atomic E-state index is -3.55. The van der Waals surface area contributed by atoms with Crippen LogP contribution in [0.1, 0.15) is 44.8 Å². The van der Waals surface area contributed by atoms with Gasteiger partial charge in [0.15, 0.2) is 0 Å². The summed E-state index contributed by atoms with van der Waals surface area (Å²) in [5.74, 6) is -1.47. The molecule has 1 N–H and O–H groups in total. The van der Waals surface area contributed by atoms with Gasteiger partial charge in [-0.2, -0.15) is 0 Å². The Kier molecular flexibility index (Phi) is 5.67. The van der Waals surface area contributed by atoms with Gasteiger partial charge in [-0.25, -0.2) is 8.42 Å². The molecular formula is C21H22N2O6S. The third-order valence-corrected chi connectivity index (χ3v) is 5.75. The highest BCUT2D eigenvalue weighted by Crippen LogP contribution is 2.36. The number of carbonyl (C=O) groups excluding carboxylic acids is 3. The molecule has 1 aliphatic rings. The molecule has 1 aliphatic heterocycles. The molecule has 3 amide bonds. The average Bonchev–Trinajstić information content (AvgIpc) is 2.90. The smallest absolute Gasteiger partial charge is 0.264 e. The quantitative estimate of drug-likeness (QED) is 0.705. The number of hydrogen-bond donors (Lipinski definition) is 1. The van der Waals surface area contributed by atoms with Crippen LogP contribution in [0.25, 0.3) is 0 Å². The van der Waals surface area contributed by atoms with E-state index < -0.39 is 33.4 Å². The summed E-state index contributed by atoms with van der Waals surface area (Å²) in [6.07, 6.45) is 1.05. The molecule has 0 bridgehead atoms. The number of rotatable bonds is 6. The zero-order valence-electron chi connectivity index (χ0n) is 17.1. The van der Waals surface area contributed by atoms with Crippen molar-refractivity contribution < 1.29 is 27.5 Å². The van der Waals surface area contributed by atoms with E-state index in [0.717, 1.165) is 16.7 Å². The normalized spacial score (nSPS) is 14.5. The molecule has 1 atom stereocenters. The maximum atomic E-state index is 13.3. The van der Waals surface area contributed by atoms with E-state index in [0.29, 0.717) is 11.3 Å². The number of nitrogens with one attached hydrogen (secondary N) is 1. The topological polar surface area (TPSA) is 110 Å². The summed E-state index contributed by atoms with van der Waals surface area (Å²) in [5.41, 5.74) is 1.62. The number of ether oxygens (including phenoxy) is 1. The zero-order valence-corrected chi connectivity index (χ0v) is 17.9. The maximum absolute atomic E-state index is 13.3. The Morgan fingerprint density at radius 3 is 2.43 bits per heavy atom. The van der Waals surface area contributed by atoms with Crippen molar-refractivity contribution in [2.24, 2.45) is 0 Å². The number of sulfone groups is 1. The standard InChI is InChI=1S/C21H22N2O6S/c1-12-10-14(8-9-18(12)29-3)17(11-30(4,27)28)23-20(25)15-6-5-7-16(22-13(2)24)19(15)21(23)26/h5-10,17H,11H2,1-4H3,(H,22,24). The highest BCUT2D eigenvalue weighted by atomic mass is 32.2. The Bertz CT molecular complexity index is 1160. The zero-order chi connectivity index (χ0) is 22.2. The number of amides is 3. The Hall–Kier alpha value is -3.20. The van der Waals surface area contributed by atoms with Crippen LogP contribution >= 0.6 is 0 Å². The van der Waals surface area contributed by atoms with Crippen molar-refractivity contribution in [1.82, 2.24) is 4.90 Å². The molecule has 1 unspecified atom stereocenters. The van der Waals surface area contributed by atoms with Crippen LogP contribution in [0.15, 0.2) is 36.4 Å². The minimum absolute atomic E-state index is 0.0569.